The lowest BCUT2D eigenvalue weighted by Gasteiger charge is -1.96. The molecule has 0 heterocycles. The Labute approximate surface area is 57.3 Å². The Kier molecular flexibility index (Phi) is 3.85. The van der Waals surface area contributed by atoms with Gasteiger partial charge in [0.15, 0.2) is 0 Å². The first-order valence-corrected chi connectivity index (χ1v) is 2.88. The second kappa shape index (κ2) is 4.18. The quantitative estimate of drug-likeness (QED) is 0.418. The second-order valence-corrected chi connectivity index (χ2v) is 2.01. The van der Waals surface area contributed by atoms with Crippen molar-refractivity contribution in [2.24, 2.45) is 10.7 Å². The normalized spacial score (nSPS) is 13.4. The van der Waals surface area contributed by atoms with E-state index in [4.69, 9.17) is 13.6 Å². The van der Waals surface area contributed by atoms with Gasteiger partial charge >= 0.3 is 0 Å². The third-order valence-electron chi connectivity index (χ3n) is 0.674. The Morgan fingerprint density at radius 2 is 2.22 bits per heavy atom. The molecule has 0 aliphatic rings. The summed E-state index contributed by atoms with van der Waals surface area (Å²) in [5.74, 6) is 0. The van der Waals surface area contributed by atoms with E-state index in [1.54, 1.807) is 6.08 Å². The molecule has 0 aliphatic carbocycles. The molecule has 0 saturated carbocycles. The van der Waals surface area contributed by atoms with Crippen molar-refractivity contribution in [3.8, 4) is 0 Å². The lowest BCUT2D eigenvalue weighted by atomic mass is 10.0. The molecule has 0 spiro atoms. The summed E-state index contributed by atoms with van der Waals surface area (Å²) in [7, 11) is 5.37. The number of allylic oxidation sites excluding steroid dienone is 1. The van der Waals surface area contributed by atoms with E-state index in [-0.39, 0.29) is 6.04 Å². The minimum Gasteiger partial charge on any atom is -0.405 e. The van der Waals surface area contributed by atoms with E-state index in [0.717, 1.165) is 0 Å². The second-order valence-electron chi connectivity index (χ2n) is 2.01. The zero-order valence-corrected chi connectivity index (χ0v) is 5.83. The topological polar surface area (TPSA) is 38.4 Å². The van der Waals surface area contributed by atoms with Crippen LogP contribution in [0, 0.1) is 0 Å². The van der Waals surface area contributed by atoms with Gasteiger partial charge in [-0.15, -0.1) is 0 Å². The predicted molar refractivity (Wildman–Crippen MR) is 41.7 cm³/mol. The Bertz CT molecular complexity index is 127. The number of nitrogens with zero attached hydrogens (tertiary/aromatic N) is 1. The third kappa shape index (κ3) is 5.14. The van der Waals surface area contributed by atoms with Crippen molar-refractivity contribution in [3.05, 3.63) is 12.3 Å². The van der Waals surface area contributed by atoms with Crippen LogP contribution in [-0.2, 0) is 0 Å². The molecule has 0 rings (SSSR count). The zero-order chi connectivity index (χ0) is 7.28. The van der Waals surface area contributed by atoms with E-state index < -0.39 is 0 Å². The average molecular weight is 122 g/mol. The lowest BCUT2D eigenvalue weighted by Crippen LogP contribution is -1.99. The number of rotatable bonds is 2. The molecule has 3 heteroatoms. The summed E-state index contributed by atoms with van der Waals surface area (Å²) in [6, 6.07) is 0.237. The van der Waals surface area contributed by atoms with Crippen LogP contribution in [-0.4, -0.2) is 19.5 Å². The largest absolute Gasteiger partial charge is 0.405 e. The summed E-state index contributed by atoms with van der Waals surface area (Å²) in [5, 5.41) is 0. The Hall–Kier alpha value is -0.725. The van der Waals surface area contributed by atoms with Crippen LogP contribution in [0.2, 0.25) is 0 Å². The Morgan fingerprint density at radius 1 is 1.67 bits per heavy atom. The number of hydrogen-bond donors (Lipinski definition) is 1. The molecule has 0 aromatic rings. The maximum Gasteiger partial charge on any atom is 0.141 e. The highest BCUT2D eigenvalue weighted by molar-refractivity contribution is 6.63. The van der Waals surface area contributed by atoms with Crippen molar-refractivity contribution in [1.82, 2.24) is 0 Å². The van der Waals surface area contributed by atoms with Crippen LogP contribution in [0.5, 0.6) is 0 Å². The van der Waals surface area contributed by atoms with Crippen molar-refractivity contribution in [2.45, 2.75) is 19.9 Å². The van der Waals surface area contributed by atoms with Gasteiger partial charge in [0.05, 0.1) is 0 Å². The molecule has 48 valence electrons. The van der Waals surface area contributed by atoms with Crippen LogP contribution in [0.15, 0.2) is 17.3 Å². The summed E-state index contributed by atoms with van der Waals surface area (Å²) < 4.78 is 0. The molecular formula is C6H11BN2. The van der Waals surface area contributed by atoms with Gasteiger partial charge in [0.1, 0.15) is 7.85 Å². The standard InChI is InChI=1S/C6H11BN2/c1-5(2)9-6(7)3-4-8/h3-5H,8H2,1-2H3. The van der Waals surface area contributed by atoms with Gasteiger partial charge in [-0.25, -0.2) is 0 Å². The van der Waals surface area contributed by atoms with Crippen LogP contribution >= 0.6 is 0 Å². The smallest absolute Gasteiger partial charge is 0.141 e. The fourth-order valence-corrected chi connectivity index (χ4v) is 0.440. The molecule has 0 aromatic carbocycles. The zero-order valence-electron chi connectivity index (χ0n) is 5.83. The Morgan fingerprint density at radius 3 is 2.56 bits per heavy atom. The minimum atomic E-state index is 0.237. The monoisotopic (exact) mass is 122 g/mol. The molecule has 0 fully saturated rings. The van der Waals surface area contributed by atoms with E-state index in [2.05, 4.69) is 4.99 Å². The van der Waals surface area contributed by atoms with Gasteiger partial charge in [-0.05, 0) is 31.7 Å². The average Bonchev–Trinajstić information content (AvgIpc) is 1.63. The number of hydrogen-bond acceptors (Lipinski definition) is 2. The highest BCUT2D eigenvalue weighted by Gasteiger charge is 1.85. The summed E-state index contributed by atoms with van der Waals surface area (Å²) in [6.45, 7) is 3.91. The summed E-state index contributed by atoms with van der Waals surface area (Å²) in [5.41, 5.74) is 5.54. The van der Waals surface area contributed by atoms with Crippen molar-refractivity contribution < 1.29 is 0 Å². The van der Waals surface area contributed by atoms with Crippen molar-refractivity contribution in [3.63, 3.8) is 0 Å². The van der Waals surface area contributed by atoms with Crippen molar-refractivity contribution in [2.75, 3.05) is 0 Å². The van der Waals surface area contributed by atoms with Crippen molar-refractivity contribution in [1.29, 1.82) is 0 Å². The lowest BCUT2D eigenvalue weighted by molar-refractivity contribution is 0.840. The maximum absolute atomic E-state index is 5.37. The molecule has 2 radical (unpaired) electrons. The van der Waals surface area contributed by atoms with Crippen LogP contribution < -0.4 is 5.73 Å². The first-order chi connectivity index (χ1) is 4.16. The third-order valence-corrected chi connectivity index (χ3v) is 0.674. The van der Waals surface area contributed by atoms with E-state index >= 15 is 0 Å². The first kappa shape index (κ1) is 8.27. The summed E-state index contributed by atoms with van der Waals surface area (Å²) >= 11 is 0. The number of nitrogens with two attached hydrogens (primary N) is 1. The SMILES string of the molecule is [B]C(C=CN)=NC(C)C. The Balaban J connectivity index is 3.84. The van der Waals surface area contributed by atoms with E-state index in [0.29, 0.717) is 5.61 Å². The predicted octanol–water partition coefficient (Wildman–Crippen LogP) is 0.434. The van der Waals surface area contributed by atoms with E-state index in [9.17, 15) is 0 Å². The fourth-order valence-electron chi connectivity index (χ4n) is 0.440. The van der Waals surface area contributed by atoms with Gasteiger partial charge in [0, 0.05) is 6.04 Å². The molecule has 0 unspecified atom stereocenters. The van der Waals surface area contributed by atoms with Gasteiger partial charge < -0.3 is 5.73 Å². The highest BCUT2D eigenvalue weighted by Crippen LogP contribution is 1.86. The molecular weight excluding hydrogens is 111 g/mol. The summed E-state index contributed by atoms with van der Waals surface area (Å²) in [6.07, 6.45) is 2.95. The molecule has 2 nitrogen and oxygen atoms in total. The minimum absolute atomic E-state index is 0.237. The van der Waals surface area contributed by atoms with Gasteiger partial charge in [0.2, 0.25) is 0 Å². The number of aliphatic imine (C=N–C) groups is 1. The highest BCUT2D eigenvalue weighted by atomic mass is 14.8. The molecule has 0 aromatic heterocycles. The summed E-state index contributed by atoms with van der Waals surface area (Å²) in [4.78, 5) is 3.99. The maximum atomic E-state index is 5.37. The van der Waals surface area contributed by atoms with Gasteiger partial charge in [-0.3, -0.25) is 4.99 Å². The molecule has 0 aliphatic heterocycles. The molecule has 0 saturated heterocycles. The molecule has 0 atom stereocenters. The molecule has 0 amide bonds. The van der Waals surface area contributed by atoms with E-state index in [1.807, 2.05) is 13.8 Å². The van der Waals surface area contributed by atoms with Crippen LogP contribution in [0.1, 0.15) is 13.8 Å². The van der Waals surface area contributed by atoms with Gasteiger partial charge in [-0.2, -0.15) is 0 Å². The van der Waals surface area contributed by atoms with Crippen LogP contribution in [0.4, 0.5) is 0 Å². The van der Waals surface area contributed by atoms with Gasteiger partial charge in [0.25, 0.3) is 0 Å². The molecule has 2 N–H and O–H groups in total. The fraction of sp³-hybridized carbons (Fsp3) is 0.500. The first-order valence-electron chi connectivity index (χ1n) is 2.88. The van der Waals surface area contributed by atoms with Crippen LogP contribution in [0.3, 0.4) is 0 Å². The van der Waals surface area contributed by atoms with Crippen molar-refractivity contribution >= 4 is 13.5 Å². The van der Waals surface area contributed by atoms with Gasteiger partial charge in [-0.1, -0.05) is 0 Å². The molecule has 9 heavy (non-hydrogen) atoms. The van der Waals surface area contributed by atoms with E-state index in [1.165, 1.54) is 6.20 Å². The molecule has 0 bridgehead atoms. The van der Waals surface area contributed by atoms with Crippen LogP contribution in [0.25, 0.3) is 0 Å².